The van der Waals surface area contributed by atoms with Crippen molar-refractivity contribution in [2.75, 3.05) is 19.8 Å². The fourth-order valence-corrected chi connectivity index (χ4v) is 3.77. The van der Waals surface area contributed by atoms with Crippen molar-refractivity contribution in [2.24, 2.45) is 0 Å². The maximum absolute atomic E-state index is 12.5. The summed E-state index contributed by atoms with van der Waals surface area (Å²) in [5, 5.41) is 20.0. The number of aromatic amines is 1. The second-order valence-corrected chi connectivity index (χ2v) is 7.36. The number of imide groups is 1. The van der Waals surface area contributed by atoms with Gasteiger partial charge in [0.1, 0.15) is 18.3 Å². The van der Waals surface area contributed by atoms with Crippen LogP contribution in [-0.4, -0.2) is 74.5 Å². The summed E-state index contributed by atoms with van der Waals surface area (Å²) in [7, 11) is 0. The zero-order valence-corrected chi connectivity index (χ0v) is 16.6. The van der Waals surface area contributed by atoms with Gasteiger partial charge in [0.15, 0.2) is 6.23 Å². The summed E-state index contributed by atoms with van der Waals surface area (Å²) in [6.07, 6.45) is -3.24. The van der Waals surface area contributed by atoms with Crippen LogP contribution in [0.5, 0.6) is 0 Å². The molecule has 1 saturated heterocycles. The minimum atomic E-state index is -1.28. The minimum absolute atomic E-state index is 0.0778. The number of amides is 2. The van der Waals surface area contributed by atoms with Gasteiger partial charge in [0.05, 0.1) is 30.9 Å². The first-order valence-corrected chi connectivity index (χ1v) is 9.66. The van der Waals surface area contributed by atoms with Gasteiger partial charge in [0.2, 0.25) is 0 Å². The number of carbonyl (C=O) groups is 2. The third-order valence-electron chi connectivity index (χ3n) is 5.42. The van der Waals surface area contributed by atoms with E-state index in [4.69, 9.17) is 9.47 Å². The van der Waals surface area contributed by atoms with Crippen LogP contribution in [0, 0.1) is 6.92 Å². The Kier molecular flexibility index (Phi) is 5.58. The number of nitrogens with zero attached hydrogens (tertiary/aromatic N) is 2. The normalized spacial score (nSPS) is 25.3. The highest BCUT2D eigenvalue weighted by Gasteiger charge is 2.46. The van der Waals surface area contributed by atoms with Crippen molar-refractivity contribution in [3.63, 3.8) is 0 Å². The number of nitrogens with one attached hydrogen (secondary N) is 1. The van der Waals surface area contributed by atoms with Crippen LogP contribution in [0.1, 0.15) is 32.5 Å². The van der Waals surface area contributed by atoms with E-state index in [9.17, 15) is 29.4 Å². The maximum Gasteiger partial charge on any atom is 0.330 e. The highest BCUT2D eigenvalue weighted by molar-refractivity contribution is 6.21. The Morgan fingerprint density at radius 3 is 2.39 bits per heavy atom. The van der Waals surface area contributed by atoms with E-state index in [1.54, 1.807) is 24.3 Å². The molecule has 2 amide bonds. The van der Waals surface area contributed by atoms with Crippen LogP contribution in [0.2, 0.25) is 0 Å². The van der Waals surface area contributed by atoms with Crippen LogP contribution in [0.15, 0.2) is 40.1 Å². The van der Waals surface area contributed by atoms with E-state index < -0.39 is 54.2 Å². The van der Waals surface area contributed by atoms with Crippen molar-refractivity contribution in [1.29, 1.82) is 0 Å². The van der Waals surface area contributed by atoms with E-state index >= 15 is 0 Å². The van der Waals surface area contributed by atoms with Crippen LogP contribution in [0.25, 0.3) is 0 Å². The molecule has 2 aromatic rings. The first-order chi connectivity index (χ1) is 14.8. The molecule has 11 heteroatoms. The standard InChI is InChI=1S/C20H21N3O8/c1-10-8-23(20(29)21-16(10)26)19-15(14(25)13(9-24)31-19)30-7-6-22-17(27)11-4-2-3-5-12(11)18(22)28/h2-5,8,13-15,19,24-25H,6-7,9H2,1H3,(H,21,26,29)/t13-,14-,15-,19-/m1/s1. The number of aromatic nitrogens is 2. The average Bonchev–Trinajstić information content (AvgIpc) is 3.20. The fourth-order valence-electron chi connectivity index (χ4n) is 3.77. The Morgan fingerprint density at radius 2 is 1.77 bits per heavy atom. The first kappa shape index (κ1) is 21.1. The molecular formula is C20H21N3O8. The molecule has 1 aromatic heterocycles. The first-order valence-electron chi connectivity index (χ1n) is 9.66. The molecule has 11 nitrogen and oxygen atoms in total. The van der Waals surface area contributed by atoms with E-state index in [1.165, 1.54) is 13.1 Å². The molecule has 31 heavy (non-hydrogen) atoms. The molecule has 4 rings (SSSR count). The Balaban J connectivity index is 1.51. The van der Waals surface area contributed by atoms with Gasteiger partial charge in [-0.1, -0.05) is 12.1 Å². The summed E-state index contributed by atoms with van der Waals surface area (Å²) in [5.41, 5.74) is -0.452. The monoisotopic (exact) mass is 431 g/mol. The van der Waals surface area contributed by atoms with Crippen molar-refractivity contribution < 1.29 is 29.3 Å². The molecule has 0 bridgehead atoms. The SMILES string of the molecule is Cc1cn([C@@H]2O[C@H](CO)[C@@H](O)[C@H]2OCCN2C(=O)c3ccccc3C2=O)c(=O)[nH]c1=O. The molecule has 4 atom stereocenters. The summed E-state index contributed by atoms with van der Waals surface area (Å²) >= 11 is 0. The molecule has 2 aliphatic rings. The number of hydrogen-bond donors (Lipinski definition) is 3. The van der Waals surface area contributed by atoms with E-state index in [0.29, 0.717) is 11.1 Å². The van der Waals surface area contributed by atoms with Gasteiger partial charge in [-0.05, 0) is 19.1 Å². The Hall–Kier alpha value is -3.12. The van der Waals surface area contributed by atoms with Crippen LogP contribution in [0.3, 0.4) is 0 Å². The van der Waals surface area contributed by atoms with Crippen molar-refractivity contribution in [2.45, 2.75) is 31.5 Å². The molecule has 0 unspecified atom stereocenters. The molecule has 0 radical (unpaired) electrons. The number of aryl methyl sites for hydroxylation is 1. The zero-order valence-electron chi connectivity index (χ0n) is 16.6. The van der Waals surface area contributed by atoms with Gasteiger partial charge < -0.3 is 19.7 Å². The highest BCUT2D eigenvalue weighted by Crippen LogP contribution is 2.31. The van der Waals surface area contributed by atoms with Crippen LogP contribution < -0.4 is 11.2 Å². The minimum Gasteiger partial charge on any atom is -0.394 e. The quantitative estimate of drug-likeness (QED) is 0.482. The van der Waals surface area contributed by atoms with E-state index in [0.717, 1.165) is 9.47 Å². The molecule has 3 heterocycles. The van der Waals surface area contributed by atoms with Gasteiger partial charge in [-0.2, -0.15) is 0 Å². The number of aliphatic hydroxyl groups excluding tert-OH is 2. The molecule has 164 valence electrons. The number of hydrogen-bond acceptors (Lipinski definition) is 8. The molecule has 2 aliphatic heterocycles. The predicted octanol–water partition coefficient (Wildman–Crippen LogP) is -1.22. The lowest BCUT2D eigenvalue weighted by Crippen LogP contribution is -2.41. The number of ether oxygens (including phenoxy) is 2. The molecular weight excluding hydrogens is 410 g/mol. The number of benzene rings is 1. The van der Waals surface area contributed by atoms with Crippen LogP contribution >= 0.6 is 0 Å². The van der Waals surface area contributed by atoms with E-state index in [-0.39, 0.29) is 18.7 Å². The Bertz CT molecular complexity index is 1100. The number of fused-ring (bicyclic) bond motifs is 1. The maximum atomic E-state index is 12.5. The van der Waals surface area contributed by atoms with Gasteiger partial charge in [-0.3, -0.25) is 28.8 Å². The molecule has 1 fully saturated rings. The van der Waals surface area contributed by atoms with Gasteiger partial charge in [0, 0.05) is 11.8 Å². The summed E-state index contributed by atoms with van der Waals surface area (Å²) < 4.78 is 12.4. The molecule has 0 saturated carbocycles. The molecule has 3 N–H and O–H groups in total. The summed E-state index contributed by atoms with van der Waals surface area (Å²) in [4.78, 5) is 52.0. The third kappa shape index (κ3) is 3.61. The van der Waals surface area contributed by atoms with Crippen molar-refractivity contribution in [1.82, 2.24) is 14.5 Å². The van der Waals surface area contributed by atoms with E-state index in [1.807, 2.05) is 0 Å². The summed E-state index contributed by atoms with van der Waals surface area (Å²) in [6, 6.07) is 6.47. The Morgan fingerprint density at radius 1 is 1.13 bits per heavy atom. The topological polar surface area (TPSA) is 151 Å². The van der Waals surface area contributed by atoms with Gasteiger partial charge in [-0.15, -0.1) is 0 Å². The number of rotatable bonds is 6. The van der Waals surface area contributed by atoms with Crippen molar-refractivity contribution in [3.05, 3.63) is 68.0 Å². The number of carbonyl (C=O) groups excluding carboxylic acids is 2. The average molecular weight is 431 g/mol. The van der Waals surface area contributed by atoms with Crippen LogP contribution in [-0.2, 0) is 9.47 Å². The summed E-state index contributed by atoms with van der Waals surface area (Å²) in [6.45, 7) is 0.767. The number of H-pyrrole nitrogens is 1. The highest BCUT2D eigenvalue weighted by atomic mass is 16.6. The lowest BCUT2D eigenvalue weighted by molar-refractivity contribution is -0.0755. The lowest BCUT2D eigenvalue weighted by atomic mass is 10.1. The van der Waals surface area contributed by atoms with Gasteiger partial charge in [-0.25, -0.2) is 4.79 Å². The second-order valence-electron chi connectivity index (χ2n) is 7.36. The smallest absolute Gasteiger partial charge is 0.330 e. The lowest BCUT2D eigenvalue weighted by Gasteiger charge is -2.23. The van der Waals surface area contributed by atoms with E-state index in [2.05, 4.69) is 4.98 Å². The zero-order chi connectivity index (χ0) is 22.3. The second kappa shape index (κ2) is 8.19. The third-order valence-corrected chi connectivity index (χ3v) is 5.42. The Labute approximate surface area is 175 Å². The van der Waals surface area contributed by atoms with Gasteiger partial charge in [0.25, 0.3) is 17.4 Å². The largest absolute Gasteiger partial charge is 0.394 e. The van der Waals surface area contributed by atoms with Crippen LogP contribution in [0.4, 0.5) is 0 Å². The fraction of sp³-hybridized carbons (Fsp3) is 0.400. The van der Waals surface area contributed by atoms with Gasteiger partial charge >= 0.3 is 5.69 Å². The van der Waals surface area contributed by atoms with Crippen molar-refractivity contribution in [3.8, 4) is 0 Å². The summed E-state index contributed by atoms with van der Waals surface area (Å²) in [5.74, 6) is -0.880. The van der Waals surface area contributed by atoms with Crippen molar-refractivity contribution >= 4 is 11.8 Å². The molecule has 0 aliphatic carbocycles. The molecule has 0 spiro atoms. The molecule has 1 aromatic carbocycles. The predicted molar refractivity (Wildman–Crippen MR) is 105 cm³/mol. The number of aliphatic hydroxyl groups is 2.